The van der Waals surface area contributed by atoms with Crippen molar-refractivity contribution in [2.45, 2.75) is 51.3 Å². The molecule has 1 aliphatic rings. The van der Waals surface area contributed by atoms with E-state index >= 15 is 0 Å². The molecule has 1 amide bonds. The molecule has 0 bridgehead atoms. The fourth-order valence-corrected chi connectivity index (χ4v) is 5.13. The summed E-state index contributed by atoms with van der Waals surface area (Å²) < 4.78 is 7.19. The van der Waals surface area contributed by atoms with Crippen LogP contribution >= 0.6 is 23.1 Å². The van der Waals surface area contributed by atoms with E-state index < -0.39 is 0 Å². The smallest absolute Gasteiger partial charge is 0.341 e. The molecule has 0 spiro atoms. The molecule has 2 aromatic rings. The van der Waals surface area contributed by atoms with E-state index in [2.05, 4.69) is 22.4 Å². The monoisotopic (exact) mass is 408 g/mol. The first-order chi connectivity index (χ1) is 12.8. The number of thioether (sulfide) groups is 1. The molecular weight excluding hydrogens is 384 g/mol. The molecule has 146 valence electrons. The maximum absolute atomic E-state index is 12.7. The number of hydrogen-bond donors (Lipinski definition) is 1. The Morgan fingerprint density at radius 1 is 1.48 bits per heavy atom. The zero-order valence-corrected chi connectivity index (χ0v) is 17.6. The van der Waals surface area contributed by atoms with Crippen LogP contribution in [0, 0.1) is 5.92 Å². The highest BCUT2D eigenvalue weighted by atomic mass is 32.2. The summed E-state index contributed by atoms with van der Waals surface area (Å²) in [7, 11) is 1.83. The SMILES string of the molecule is CC(C)OC(=O)c1c(NC(=O)CSc2nncn2C)sc2c1CC[C@H](C)C2. The van der Waals surface area contributed by atoms with Crippen molar-refractivity contribution in [3.05, 3.63) is 22.3 Å². The van der Waals surface area contributed by atoms with Gasteiger partial charge in [-0.1, -0.05) is 18.7 Å². The summed E-state index contributed by atoms with van der Waals surface area (Å²) in [6, 6.07) is 0. The summed E-state index contributed by atoms with van der Waals surface area (Å²) in [5.41, 5.74) is 1.58. The number of esters is 1. The van der Waals surface area contributed by atoms with Gasteiger partial charge in [-0.2, -0.15) is 0 Å². The number of anilines is 1. The van der Waals surface area contributed by atoms with Gasteiger partial charge < -0.3 is 14.6 Å². The van der Waals surface area contributed by atoms with Crippen molar-refractivity contribution >= 4 is 40.0 Å². The number of amides is 1. The number of fused-ring (bicyclic) bond motifs is 1. The Bertz CT molecular complexity index is 844. The molecule has 0 saturated heterocycles. The molecule has 9 heteroatoms. The van der Waals surface area contributed by atoms with E-state index in [-0.39, 0.29) is 23.7 Å². The maximum atomic E-state index is 12.7. The van der Waals surface area contributed by atoms with E-state index in [1.807, 2.05) is 20.9 Å². The van der Waals surface area contributed by atoms with Crippen molar-refractivity contribution < 1.29 is 14.3 Å². The molecule has 1 aliphatic carbocycles. The number of nitrogens with zero attached hydrogens (tertiary/aromatic N) is 3. The zero-order chi connectivity index (χ0) is 19.6. The third kappa shape index (κ3) is 4.70. The summed E-state index contributed by atoms with van der Waals surface area (Å²) in [6.45, 7) is 5.87. The molecule has 0 unspecified atom stereocenters. The Balaban J connectivity index is 1.78. The van der Waals surface area contributed by atoms with Crippen molar-refractivity contribution in [3.63, 3.8) is 0 Å². The molecule has 0 fully saturated rings. The van der Waals surface area contributed by atoms with Gasteiger partial charge in [0.1, 0.15) is 11.3 Å². The summed E-state index contributed by atoms with van der Waals surface area (Å²) in [5, 5.41) is 11.9. The summed E-state index contributed by atoms with van der Waals surface area (Å²) in [6.07, 6.45) is 4.21. The quantitative estimate of drug-likeness (QED) is 0.583. The molecule has 1 N–H and O–H groups in total. The fourth-order valence-electron chi connectivity index (χ4n) is 3.02. The van der Waals surface area contributed by atoms with Crippen LogP contribution in [0.1, 0.15) is 48.0 Å². The Hall–Kier alpha value is -1.87. The lowest BCUT2D eigenvalue weighted by atomic mass is 9.88. The van der Waals surface area contributed by atoms with E-state index in [9.17, 15) is 9.59 Å². The number of rotatable bonds is 6. The molecular formula is C18H24N4O3S2. The van der Waals surface area contributed by atoms with Crippen molar-refractivity contribution in [1.29, 1.82) is 0 Å². The molecule has 0 saturated carbocycles. The van der Waals surface area contributed by atoms with Crippen LogP contribution in [0.4, 0.5) is 5.00 Å². The molecule has 2 aromatic heterocycles. The fraction of sp³-hybridized carbons (Fsp3) is 0.556. The standard InChI is InChI=1S/C18H24N4O3S2/c1-10(2)25-17(24)15-12-6-5-11(3)7-13(12)27-16(15)20-14(23)8-26-18-21-19-9-22(18)4/h9-11H,5-8H2,1-4H3,(H,20,23)/t11-/m0/s1. The number of aromatic nitrogens is 3. The normalized spacial score (nSPS) is 16.3. The van der Waals surface area contributed by atoms with Crippen LogP contribution in [0.2, 0.25) is 0 Å². The Labute approximate surface area is 166 Å². The number of nitrogens with one attached hydrogen (secondary N) is 1. The topological polar surface area (TPSA) is 86.1 Å². The first-order valence-electron chi connectivity index (χ1n) is 8.97. The third-order valence-corrected chi connectivity index (χ3v) is 6.52. The molecule has 27 heavy (non-hydrogen) atoms. The van der Waals surface area contributed by atoms with Crippen molar-refractivity contribution in [3.8, 4) is 0 Å². The van der Waals surface area contributed by atoms with E-state index in [1.165, 1.54) is 28.0 Å². The van der Waals surface area contributed by atoms with Crippen LogP contribution in [-0.2, 0) is 29.4 Å². The highest BCUT2D eigenvalue weighted by molar-refractivity contribution is 7.99. The molecule has 1 atom stereocenters. The molecule has 7 nitrogen and oxygen atoms in total. The summed E-state index contributed by atoms with van der Waals surface area (Å²) in [4.78, 5) is 26.3. The highest BCUT2D eigenvalue weighted by Gasteiger charge is 2.29. The number of hydrogen-bond acceptors (Lipinski definition) is 7. The number of carbonyl (C=O) groups is 2. The van der Waals surface area contributed by atoms with Crippen molar-refractivity contribution in [2.24, 2.45) is 13.0 Å². The average molecular weight is 409 g/mol. The maximum Gasteiger partial charge on any atom is 0.341 e. The van der Waals surface area contributed by atoms with Crippen LogP contribution in [-0.4, -0.2) is 38.5 Å². The minimum absolute atomic E-state index is 0.173. The predicted molar refractivity (Wildman–Crippen MR) is 106 cm³/mol. The summed E-state index contributed by atoms with van der Waals surface area (Å²) in [5.74, 6) is 0.256. The largest absolute Gasteiger partial charge is 0.459 e. The highest BCUT2D eigenvalue weighted by Crippen LogP contribution is 2.40. The van der Waals surface area contributed by atoms with Gasteiger partial charge in [-0.15, -0.1) is 21.5 Å². The Morgan fingerprint density at radius 3 is 2.93 bits per heavy atom. The van der Waals surface area contributed by atoms with Crippen LogP contribution in [0.3, 0.4) is 0 Å². The molecule has 0 radical (unpaired) electrons. The van der Waals surface area contributed by atoms with E-state index in [0.717, 1.165) is 24.8 Å². The number of carbonyl (C=O) groups excluding carboxylic acids is 2. The number of thiophene rings is 1. The second-order valence-corrected chi connectivity index (χ2v) is 9.12. The molecule has 0 aromatic carbocycles. The number of ether oxygens (including phenoxy) is 1. The van der Waals surface area contributed by atoms with Crippen LogP contribution < -0.4 is 5.32 Å². The zero-order valence-electron chi connectivity index (χ0n) is 15.9. The van der Waals surface area contributed by atoms with E-state index in [1.54, 1.807) is 10.9 Å². The van der Waals surface area contributed by atoms with Crippen molar-refractivity contribution in [1.82, 2.24) is 14.8 Å². The summed E-state index contributed by atoms with van der Waals surface area (Å²) >= 11 is 2.81. The van der Waals surface area contributed by atoms with Gasteiger partial charge in [-0.3, -0.25) is 4.79 Å². The van der Waals surface area contributed by atoms with Gasteiger partial charge in [0.15, 0.2) is 5.16 Å². The van der Waals surface area contributed by atoms with E-state index in [4.69, 9.17) is 4.74 Å². The molecule has 2 heterocycles. The third-order valence-electron chi connectivity index (χ3n) is 4.31. The molecule has 0 aliphatic heterocycles. The lowest BCUT2D eigenvalue weighted by Gasteiger charge is -2.18. The van der Waals surface area contributed by atoms with E-state index in [0.29, 0.717) is 21.6 Å². The average Bonchev–Trinajstić information content (AvgIpc) is 3.14. The van der Waals surface area contributed by atoms with Crippen molar-refractivity contribution in [2.75, 3.05) is 11.1 Å². The van der Waals surface area contributed by atoms with Crippen LogP contribution in [0.15, 0.2) is 11.5 Å². The van der Waals surface area contributed by atoms with Gasteiger partial charge in [0.25, 0.3) is 0 Å². The number of aryl methyl sites for hydroxylation is 1. The lowest BCUT2D eigenvalue weighted by Crippen LogP contribution is -2.19. The van der Waals surface area contributed by atoms with Gasteiger partial charge >= 0.3 is 5.97 Å². The Morgan fingerprint density at radius 2 is 2.26 bits per heavy atom. The minimum atomic E-state index is -0.353. The van der Waals surface area contributed by atoms with Crippen LogP contribution in [0.25, 0.3) is 0 Å². The van der Waals surface area contributed by atoms with Gasteiger partial charge in [0, 0.05) is 11.9 Å². The van der Waals surface area contributed by atoms with Gasteiger partial charge in [-0.05, 0) is 44.6 Å². The predicted octanol–water partition coefficient (Wildman–Crippen LogP) is 3.30. The van der Waals surface area contributed by atoms with Gasteiger partial charge in [0.05, 0.1) is 17.4 Å². The Kier molecular flexibility index (Phi) is 6.21. The minimum Gasteiger partial charge on any atom is -0.459 e. The lowest BCUT2D eigenvalue weighted by molar-refractivity contribution is -0.113. The molecule has 3 rings (SSSR count). The second-order valence-electron chi connectivity index (χ2n) is 7.07. The first-order valence-corrected chi connectivity index (χ1v) is 10.8. The van der Waals surface area contributed by atoms with Gasteiger partial charge in [0.2, 0.25) is 5.91 Å². The second kappa shape index (κ2) is 8.43. The first kappa shape index (κ1) is 19.9. The van der Waals surface area contributed by atoms with Crippen LogP contribution in [0.5, 0.6) is 0 Å². The van der Waals surface area contributed by atoms with Gasteiger partial charge in [-0.25, -0.2) is 4.79 Å².